The fourth-order valence-corrected chi connectivity index (χ4v) is 0.604. The van der Waals surface area contributed by atoms with Gasteiger partial charge in [-0.2, -0.15) is 0 Å². The van der Waals surface area contributed by atoms with E-state index in [0.717, 1.165) is 6.92 Å². The second kappa shape index (κ2) is 3.31. The minimum Gasteiger partial charge on any atom is -0.481 e. The Balaban J connectivity index is 4.75. The Morgan fingerprint density at radius 2 is 1.83 bits per heavy atom. The number of aliphatic hydroxyl groups is 1. The van der Waals surface area contributed by atoms with Crippen molar-refractivity contribution in [2.24, 2.45) is 5.73 Å². The van der Waals surface area contributed by atoms with Crippen LogP contribution < -0.4 is 5.73 Å². The van der Waals surface area contributed by atoms with Gasteiger partial charge in [0, 0.05) is 0 Å². The van der Waals surface area contributed by atoms with Gasteiger partial charge in [-0.3, -0.25) is 14.4 Å². The normalized spacial score (nSPS) is 14.8. The van der Waals surface area contributed by atoms with Crippen LogP contribution in [0.2, 0.25) is 0 Å². The van der Waals surface area contributed by atoms with Crippen LogP contribution in [0.1, 0.15) is 13.3 Å². The largest absolute Gasteiger partial charge is 0.481 e. The molecule has 0 heterocycles. The smallest absolute Gasteiger partial charge is 0.307 e. The van der Waals surface area contributed by atoms with Gasteiger partial charge in [0.1, 0.15) is 0 Å². The fourth-order valence-electron chi connectivity index (χ4n) is 0.604. The number of carboxylic acids is 1. The SMILES string of the molecule is CC(=O)C(O)(CC(=O)O)C(N)=O. The van der Waals surface area contributed by atoms with Gasteiger partial charge in [0.25, 0.3) is 5.91 Å². The topological polar surface area (TPSA) is 118 Å². The quantitative estimate of drug-likeness (QED) is 0.438. The summed E-state index contributed by atoms with van der Waals surface area (Å²) in [5.74, 6) is -3.79. The van der Waals surface area contributed by atoms with E-state index in [1.807, 2.05) is 0 Å². The molecular weight excluding hydrogens is 166 g/mol. The van der Waals surface area contributed by atoms with Crippen molar-refractivity contribution in [2.45, 2.75) is 18.9 Å². The molecule has 0 rings (SSSR count). The van der Waals surface area contributed by atoms with Crippen LogP contribution in [0.15, 0.2) is 0 Å². The average Bonchev–Trinajstić information content (AvgIpc) is 1.84. The summed E-state index contributed by atoms with van der Waals surface area (Å²) in [7, 11) is 0. The number of ketones is 1. The second-order valence-corrected chi connectivity index (χ2v) is 2.35. The Kier molecular flexibility index (Phi) is 2.92. The van der Waals surface area contributed by atoms with Crippen LogP contribution in [-0.2, 0) is 14.4 Å². The molecule has 1 unspecified atom stereocenters. The highest BCUT2D eigenvalue weighted by Crippen LogP contribution is 2.10. The summed E-state index contributed by atoms with van der Waals surface area (Å²) in [4.78, 5) is 31.2. The maximum Gasteiger partial charge on any atom is 0.307 e. The number of carboxylic acid groups (broad SMARTS) is 1. The molecule has 6 nitrogen and oxygen atoms in total. The van der Waals surface area contributed by atoms with Gasteiger partial charge in [0.05, 0.1) is 6.42 Å². The molecule has 0 radical (unpaired) electrons. The van der Waals surface area contributed by atoms with Crippen LogP contribution in [0.4, 0.5) is 0 Å². The number of Topliss-reactive ketones (excluding diaryl/α,β-unsaturated/α-hetero) is 1. The van der Waals surface area contributed by atoms with Crippen molar-refractivity contribution < 1.29 is 24.6 Å². The first-order chi connectivity index (χ1) is 5.30. The summed E-state index contributed by atoms with van der Waals surface area (Å²) in [6.07, 6.45) is -1.00. The number of carbonyl (C=O) groups is 3. The van der Waals surface area contributed by atoms with Crippen molar-refractivity contribution in [3.63, 3.8) is 0 Å². The van der Waals surface area contributed by atoms with Crippen LogP contribution in [0.5, 0.6) is 0 Å². The number of hydrogen-bond acceptors (Lipinski definition) is 4. The zero-order valence-corrected chi connectivity index (χ0v) is 6.40. The van der Waals surface area contributed by atoms with Gasteiger partial charge in [-0.25, -0.2) is 0 Å². The monoisotopic (exact) mass is 175 g/mol. The van der Waals surface area contributed by atoms with Gasteiger partial charge in [-0.05, 0) is 6.92 Å². The Bertz CT molecular complexity index is 220. The Morgan fingerprint density at radius 1 is 1.42 bits per heavy atom. The molecule has 0 saturated heterocycles. The molecule has 12 heavy (non-hydrogen) atoms. The Labute approximate surface area is 68.0 Å². The van der Waals surface area contributed by atoms with Gasteiger partial charge in [0.2, 0.25) is 5.60 Å². The second-order valence-electron chi connectivity index (χ2n) is 2.35. The molecule has 0 aliphatic rings. The predicted octanol–water partition coefficient (Wildman–Crippen LogP) is -1.73. The van der Waals surface area contributed by atoms with E-state index in [0.29, 0.717) is 0 Å². The van der Waals surface area contributed by atoms with Crippen molar-refractivity contribution in [3.05, 3.63) is 0 Å². The molecule has 0 aromatic rings. The molecule has 0 aliphatic carbocycles. The molecule has 6 heteroatoms. The molecule has 1 atom stereocenters. The Hall–Kier alpha value is -1.43. The van der Waals surface area contributed by atoms with Gasteiger partial charge < -0.3 is 15.9 Å². The fraction of sp³-hybridized carbons (Fsp3) is 0.500. The number of hydrogen-bond donors (Lipinski definition) is 3. The number of amides is 1. The molecule has 0 aromatic carbocycles. The predicted molar refractivity (Wildman–Crippen MR) is 37.1 cm³/mol. The van der Waals surface area contributed by atoms with E-state index in [2.05, 4.69) is 5.73 Å². The van der Waals surface area contributed by atoms with E-state index in [1.54, 1.807) is 0 Å². The van der Waals surface area contributed by atoms with E-state index in [9.17, 15) is 14.4 Å². The number of primary amides is 1. The third-order valence-corrected chi connectivity index (χ3v) is 1.40. The third-order valence-electron chi connectivity index (χ3n) is 1.40. The molecule has 0 spiro atoms. The van der Waals surface area contributed by atoms with Crippen molar-refractivity contribution >= 4 is 17.7 Å². The number of carbonyl (C=O) groups excluding carboxylic acids is 2. The van der Waals surface area contributed by atoms with E-state index in [4.69, 9.17) is 10.2 Å². The zero-order chi connectivity index (χ0) is 9.94. The lowest BCUT2D eigenvalue weighted by atomic mass is 9.95. The minimum absolute atomic E-state index is 0.897. The summed E-state index contributed by atoms with van der Waals surface area (Å²) in [5.41, 5.74) is 2.07. The van der Waals surface area contributed by atoms with Crippen molar-refractivity contribution in [3.8, 4) is 0 Å². The highest BCUT2D eigenvalue weighted by Gasteiger charge is 2.41. The van der Waals surface area contributed by atoms with Gasteiger partial charge in [-0.1, -0.05) is 0 Å². The van der Waals surface area contributed by atoms with E-state index >= 15 is 0 Å². The number of aliphatic carboxylic acids is 1. The molecule has 0 fully saturated rings. The van der Waals surface area contributed by atoms with Crippen LogP contribution >= 0.6 is 0 Å². The van der Waals surface area contributed by atoms with Crippen LogP contribution in [0.3, 0.4) is 0 Å². The number of nitrogens with two attached hydrogens (primary N) is 1. The standard InChI is InChI=1S/C6H9NO5/c1-3(8)6(12,5(7)11)2-4(9)10/h12H,2H2,1H3,(H2,7,11)(H,9,10). The number of rotatable bonds is 4. The summed E-state index contributed by atoms with van der Waals surface area (Å²) >= 11 is 0. The van der Waals surface area contributed by atoms with Crippen molar-refractivity contribution in [1.82, 2.24) is 0 Å². The van der Waals surface area contributed by atoms with E-state index in [-0.39, 0.29) is 0 Å². The minimum atomic E-state index is -2.58. The van der Waals surface area contributed by atoms with Crippen LogP contribution in [0.25, 0.3) is 0 Å². The van der Waals surface area contributed by atoms with Crippen molar-refractivity contribution in [2.75, 3.05) is 0 Å². The van der Waals surface area contributed by atoms with Crippen LogP contribution in [0, 0.1) is 0 Å². The first kappa shape index (κ1) is 10.6. The molecule has 4 N–H and O–H groups in total. The molecule has 1 amide bonds. The van der Waals surface area contributed by atoms with Gasteiger partial charge in [0.15, 0.2) is 5.78 Å². The summed E-state index contributed by atoms with van der Waals surface area (Å²) < 4.78 is 0. The summed E-state index contributed by atoms with van der Waals surface area (Å²) in [6.45, 7) is 0.897. The lowest BCUT2D eigenvalue weighted by Gasteiger charge is -2.18. The first-order valence-electron chi connectivity index (χ1n) is 3.06. The summed E-state index contributed by atoms with van der Waals surface area (Å²) in [6, 6.07) is 0. The summed E-state index contributed by atoms with van der Waals surface area (Å²) in [5, 5.41) is 17.4. The van der Waals surface area contributed by atoms with E-state index in [1.165, 1.54) is 0 Å². The van der Waals surface area contributed by atoms with E-state index < -0.39 is 29.7 Å². The lowest BCUT2D eigenvalue weighted by Crippen LogP contribution is -2.51. The Morgan fingerprint density at radius 3 is 1.92 bits per heavy atom. The van der Waals surface area contributed by atoms with Gasteiger partial charge >= 0.3 is 5.97 Å². The molecular formula is C6H9NO5. The molecule has 0 saturated carbocycles. The zero-order valence-electron chi connectivity index (χ0n) is 6.40. The molecule has 68 valence electrons. The molecule has 0 aromatic heterocycles. The third kappa shape index (κ3) is 2.03. The highest BCUT2D eigenvalue weighted by atomic mass is 16.4. The van der Waals surface area contributed by atoms with Crippen molar-refractivity contribution in [1.29, 1.82) is 0 Å². The lowest BCUT2D eigenvalue weighted by molar-refractivity contribution is -0.158. The molecule has 0 aliphatic heterocycles. The maximum absolute atomic E-state index is 10.6. The maximum atomic E-state index is 10.6. The average molecular weight is 175 g/mol. The molecule has 0 bridgehead atoms. The first-order valence-corrected chi connectivity index (χ1v) is 3.06. The van der Waals surface area contributed by atoms with Crippen LogP contribution in [-0.4, -0.2) is 33.5 Å². The highest BCUT2D eigenvalue weighted by molar-refractivity contribution is 6.09. The van der Waals surface area contributed by atoms with Gasteiger partial charge in [-0.15, -0.1) is 0 Å².